The van der Waals surface area contributed by atoms with Crippen molar-refractivity contribution < 1.29 is 5.11 Å². The van der Waals surface area contributed by atoms with Crippen molar-refractivity contribution in [1.82, 2.24) is 23.1 Å². The Balaban J connectivity index is 0.00000259. The summed E-state index contributed by atoms with van der Waals surface area (Å²) in [6.07, 6.45) is 6.49. The molecule has 1 unspecified atom stereocenters. The molecule has 1 N–H and O–H groups in total. The SMILES string of the molecule is Cn1c(=O)c2c(nc3n(Cc4ccccc4)c(=O)c(C4C=CCCC4)c(O)n23)n(C)c1=O.[NaH]. The van der Waals surface area contributed by atoms with Gasteiger partial charge in [-0.1, -0.05) is 42.5 Å². The summed E-state index contributed by atoms with van der Waals surface area (Å²) in [5.74, 6) is -0.450. The molecule has 0 bridgehead atoms. The number of rotatable bonds is 3. The van der Waals surface area contributed by atoms with Gasteiger partial charge in [0, 0.05) is 20.0 Å². The number of nitrogens with zero attached hydrogens (tertiary/aromatic N) is 5. The molecule has 0 spiro atoms. The minimum atomic E-state index is -0.582. The van der Waals surface area contributed by atoms with Crippen molar-refractivity contribution in [2.45, 2.75) is 31.7 Å². The quantitative estimate of drug-likeness (QED) is 0.365. The molecule has 0 radical (unpaired) electrons. The fourth-order valence-corrected chi connectivity index (χ4v) is 4.50. The zero-order chi connectivity index (χ0) is 22.6. The van der Waals surface area contributed by atoms with E-state index in [-0.39, 0.29) is 76.0 Å². The number of benzene rings is 1. The average Bonchev–Trinajstić information content (AvgIpc) is 3.22. The van der Waals surface area contributed by atoms with Gasteiger partial charge < -0.3 is 5.11 Å². The summed E-state index contributed by atoms with van der Waals surface area (Å²) >= 11 is 0. The van der Waals surface area contributed by atoms with Gasteiger partial charge in [0.1, 0.15) is 0 Å². The fourth-order valence-electron chi connectivity index (χ4n) is 4.50. The molecule has 1 aliphatic carbocycles. The summed E-state index contributed by atoms with van der Waals surface area (Å²) < 4.78 is 5.01. The Morgan fingerprint density at radius 1 is 1.06 bits per heavy atom. The van der Waals surface area contributed by atoms with Gasteiger partial charge >= 0.3 is 35.2 Å². The molecule has 4 aromatic rings. The molecule has 3 heterocycles. The van der Waals surface area contributed by atoms with E-state index in [9.17, 15) is 19.5 Å². The summed E-state index contributed by atoms with van der Waals surface area (Å²) in [7, 11) is 2.89. The first kappa shape index (κ1) is 23.3. The average molecular weight is 457 g/mol. The Morgan fingerprint density at radius 3 is 2.45 bits per heavy atom. The van der Waals surface area contributed by atoms with Crippen molar-refractivity contribution in [1.29, 1.82) is 0 Å². The molecule has 0 saturated heterocycles. The second-order valence-electron chi connectivity index (χ2n) is 8.20. The Hall–Kier alpha value is -2.88. The maximum atomic E-state index is 13.7. The molecule has 33 heavy (non-hydrogen) atoms. The molecule has 5 rings (SSSR count). The molecule has 3 aromatic heterocycles. The van der Waals surface area contributed by atoms with Crippen LogP contribution in [0.1, 0.15) is 36.3 Å². The first-order valence-electron chi connectivity index (χ1n) is 10.5. The third kappa shape index (κ3) is 3.60. The predicted octanol–water partition coefficient (Wildman–Crippen LogP) is 0.976. The van der Waals surface area contributed by atoms with E-state index in [2.05, 4.69) is 4.98 Å². The van der Waals surface area contributed by atoms with Gasteiger partial charge in [-0.05, 0) is 24.8 Å². The second-order valence-corrected chi connectivity index (χ2v) is 8.20. The first-order valence-corrected chi connectivity index (χ1v) is 10.5. The van der Waals surface area contributed by atoms with Crippen LogP contribution >= 0.6 is 0 Å². The van der Waals surface area contributed by atoms with Crippen LogP contribution in [-0.2, 0) is 20.6 Å². The third-order valence-corrected chi connectivity index (χ3v) is 6.22. The maximum absolute atomic E-state index is 13.7. The molecule has 10 heteroatoms. The second kappa shape index (κ2) is 8.81. The first-order chi connectivity index (χ1) is 15.4. The molecular formula is C23H24N5NaO4. The number of imidazole rings is 1. The van der Waals surface area contributed by atoms with E-state index in [4.69, 9.17) is 0 Å². The summed E-state index contributed by atoms with van der Waals surface area (Å²) in [5, 5.41) is 11.3. The van der Waals surface area contributed by atoms with Gasteiger partial charge in [-0.15, -0.1) is 0 Å². The molecule has 166 valence electrons. The Bertz CT molecular complexity index is 1580. The fraction of sp³-hybridized carbons (Fsp3) is 0.304. The number of aryl methyl sites for hydroxylation is 1. The topological polar surface area (TPSA) is 104 Å². The molecular weight excluding hydrogens is 433 g/mol. The van der Waals surface area contributed by atoms with Gasteiger partial charge in [-0.25, -0.2) is 9.20 Å². The van der Waals surface area contributed by atoms with E-state index in [0.29, 0.717) is 0 Å². The number of aromatic hydroxyl groups is 1. The van der Waals surface area contributed by atoms with Gasteiger partial charge in [0.25, 0.3) is 11.1 Å². The number of aromatic nitrogens is 5. The van der Waals surface area contributed by atoms with Crippen molar-refractivity contribution in [3.8, 4) is 5.88 Å². The van der Waals surface area contributed by atoms with Crippen molar-refractivity contribution in [3.05, 3.63) is 84.8 Å². The van der Waals surface area contributed by atoms with Gasteiger partial charge in [-0.3, -0.25) is 23.3 Å². The Morgan fingerprint density at radius 2 is 1.79 bits per heavy atom. The number of allylic oxidation sites excluding steroid dienone is 2. The van der Waals surface area contributed by atoms with Crippen LogP contribution in [0.15, 0.2) is 56.9 Å². The molecule has 0 fully saturated rings. The van der Waals surface area contributed by atoms with Crippen molar-refractivity contribution in [3.63, 3.8) is 0 Å². The van der Waals surface area contributed by atoms with E-state index in [0.717, 1.165) is 29.4 Å². The molecule has 0 amide bonds. The number of hydrogen-bond acceptors (Lipinski definition) is 5. The van der Waals surface area contributed by atoms with E-state index >= 15 is 0 Å². The van der Waals surface area contributed by atoms with Crippen LogP contribution in [-0.4, -0.2) is 57.7 Å². The number of fused-ring (bicyclic) bond motifs is 3. The zero-order valence-corrected chi connectivity index (χ0v) is 17.9. The zero-order valence-electron chi connectivity index (χ0n) is 17.9. The number of hydrogen-bond donors (Lipinski definition) is 1. The van der Waals surface area contributed by atoms with Gasteiger partial charge in [0.15, 0.2) is 11.2 Å². The Labute approximate surface area is 210 Å². The molecule has 1 aliphatic rings. The monoisotopic (exact) mass is 457 g/mol. The standard InChI is InChI=1S/C23H23N5O4.Na.H/c1-25-18-17(21(31)26(2)23(25)32)28-20(30)16(15-11-7-4-8-12-15)19(29)27(22(28)24-18)13-14-9-5-3-6-10-14;;/h3,5-7,9-11,15,30H,4,8,12-13H2,1-2H3;;. The summed E-state index contributed by atoms with van der Waals surface area (Å²) in [6.45, 7) is 0.213. The van der Waals surface area contributed by atoms with Gasteiger partial charge in [0.05, 0.1) is 12.1 Å². The molecule has 1 aromatic carbocycles. The van der Waals surface area contributed by atoms with E-state index in [1.54, 1.807) is 0 Å². The van der Waals surface area contributed by atoms with Crippen LogP contribution in [0.3, 0.4) is 0 Å². The van der Waals surface area contributed by atoms with E-state index < -0.39 is 11.2 Å². The predicted molar refractivity (Wildman–Crippen MR) is 128 cm³/mol. The Kier molecular flexibility index (Phi) is 6.22. The molecule has 0 aliphatic heterocycles. The van der Waals surface area contributed by atoms with E-state index in [1.807, 2.05) is 42.5 Å². The molecule has 9 nitrogen and oxygen atoms in total. The van der Waals surface area contributed by atoms with Crippen molar-refractivity contribution >= 4 is 46.5 Å². The van der Waals surface area contributed by atoms with Crippen LogP contribution in [0.5, 0.6) is 5.88 Å². The van der Waals surface area contributed by atoms with E-state index in [1.165, 1.54) is 27.6 Å². The van der Waals surface area contributed by atoms with Gasteiger partial charge in [-0.2, -0.15) is 4.98 Å². The van der Waals surface area contributed by atoms with Crippen molar-refractivity contribution in [2.24, 2.45) is 14.1 Å². The third-order valence-electron chi connectivity index (χ3n) is 6.22. The van der Waals surface area contributed by atoms with Crippen LogP contribution in [0.2, 0.25) is 0 Å². The summed E-state index contributed by atoms with van der Waals surface area (Å²) in [4.78, 5) is 43.6. The van der Waals surface area contributed by atoms with Crippen LogP contribution in [0.4, 0.5) is 0 Å². The van der Waals surface area contributed by atoms with Crippen LogP contribution in [0, 0.1) is 0 Å². The van der Waals surface area contributed by atoms with Crippen LogP contribution in [0.25, 0.3) is 16.9 Å². The van der Waals surface area contributed by atoms with Crippen molar-refractivity contribution in [2.75, 3.05) is 0 Å². The minimum absolute atomic E-state index is 0. The normalized spacial score (nSPS) is 15.8. The molecule has 1 atom stereocenters. The summed E-state index contributed by atoms with van der Waals surface area (Å²) in [6, 6.07) is 9.44. The van der Waals surface area contributed by atoms with Gasteiger partial charge in [0.2, 0.25) is 11.7 Å². The summed E-state index contributed by atoms with van der Waals surface area (Å²) in [5.41, 5.74) is -0.178. The molecule has 0 saturated carbocycles. The van der Waals surface area contributed by atoms with Crippen LogP contribution < -0.4 is 16.8 Å².